The van der Waals surface area contributed by atoms with E-state index in [9.17, 15) is 9.59 Å². The lowest BCUT2D eigenvalue weighted by atomic mass is 10.2. The fraction of sp³-hybridized carbons (Fsp3) is 0.385. The Kier molecular flexibility index (Phi) is 7.95. The lowest BCUT2D eigenvalue weighted by Gasteiger charge is -2.11. The standard InChI is InChI=1S/C13H17N3O2S2.ClH/c14-7-11(17)15-8-12(18)16-10-3-1-2-9(6-10)13-19-4-5-20-13;/h1-3,6,13H,4-5,7-8,14H2,(H,15,17)(H,16,18);1H. The molecular weight excluding hydrogens is 330 g/mol. The molecule has 8 heteroatoms. The molecule has 0 radical (unpaired) electrons. The van der Waals surface area contributed by atoms with Gasteiger partial charge in [0.25, 0.3) is 0 Å². The molecule has 0 saturated carbocycles. The average Bonchev–Trinajstić information content (AvgIpc) is 2.99. The van der Waals surface area contributed by atoms with E-state index >= 15 is 0 Å². The molecule has 1 aromatic rings. The highest BCUT2D eigenvalue weighted by Crippen LogP contribution is 2.45. The maximum atomic E-state index is 11.7. The lowest BCUT2D eigenvalue weighted by Crippen LogP contribution is -2.36. The molecule has 0 bridgehead atoms. The Labute approximate surface area is 138 Å². The summed E-state index contributed by atoms with van der Waals surface area (Å²) in [6.07, 6.45) is 0. The van der Waals surface area contributed by atoms with Crippen LogP contribution in [0.5, 0.6) is 0 Å². The van der Waals surface area contributed by atoms with Gasteiger partial charge < -0.3 is 16.4 Å². The maximum Gasteiger partial charge on any atom is 0.243 e. The number of hydrogen-bond acceptors (Lipinski definition) is 5. The van der Waals surface area contributed by atoms with Gasteiger partial charge in [0.15, 0.2) is 0 Å². The number of nitrogens with one attached hydrogen (secondary N) is 2. The minimum absolute atomic E-state index is 0. The molecule has 0 atom stereocenters. The van der Waals surface area contributed by atoms with Crippen LogP contribution in [0.4, 0.5) is 5.69 Å². The molecule has 1 heterocycles. The highest BCUT2D eigenvalue weighted by Gasteiger charge is 2.18. The van der Waals surface area contributed by atoms with Crippen LogP contribution in [0.25, 0.3) is 0 Å². The van der Waals surface area contributed by atoms with Crippen LogP contribution in [-0.4, -0.2) is 36.4 Å². The molecule has 0 aliphatic carbocycles. The van der Waals surface area contributed by atoms with Crippen molar-refractivity contribution in [1.82, 2.24) is 5.32 Å². The number of rotatable bonds is 5. The third-order valence-corrected chi connectivity index (χ3v) is 5.80. The van der Waals surface area contributed by atoms with Gasteiger partial charge in [-0.15, -0.1) is 35.9 Å². The van der Waals surface area contributed by atoms with Gasteiger partial charge in [-0.2, -0.15) is 0 Å². The highest BCUT2D eigenvalue weighted by atomic mass is 35.5. The van der Waals surface area contributed by atoms with Crippen molar-refractivity contribution < 1.29 is 9.59 Å². The van der Waals surface area contributed by atoms with E-state index in [0.29, 0.717) is 4.58 Å². The molecule has 1 saturated heterocycles. The fourth-order valence-electron chi connectivity index (χ4n) is 1.77. The van der Waals surface area contributed by atoms with E-state index in [-0.39, 0.29) is 37.3 Å². The fourth-order valence-corrected chi connectivity index (χ4v) is 4.61. The molecule has 1 aliphatic rings. The van der Waals surface area contributed by atoms with Crippen LogP contribution in [0.3, 0.4) is 0 Å². The summed E-state index contributed by atoms with van der Waals surface area (Å²) in [5, 5.41) is 5.21. The molecule has 4 N–H and O–H groups in total. The zero-order chi connectivity index (χ0) is 14.4. The summed E-state index contributed by atoms with van der Waals surface area (Å²) < 4.78 is 0.448. The summed E-state index contributed by atoms with van der Waals surface area (Å²) in [7, 11) is 0. The van der Waals surface area contributed by atoms with Crippen LogP contribution in [0.15, 0.2) is 24.3 Å². The normalized spacial score (nSPS) is 14.3. The minimum Gasteiger partial charge on any atom is -0.346 e. The summed E-state index contributed by atoms with van der Waals surface area (Å²) in [5.74, 6) is 1.73. The van der Waals surface area contributed by atoms with E-state index in [1.165, 1.54) is 5.56 Å². The Morgan fingerprint density at radius 1 is 1.24 bits per heavy atom. The number of benzene rings is 1. The zero-order valence-corrected chi connectivity index (χ0v) is 13.8. The third kappa shape index (κ3) is 5.78. The van der Waals surface area contributed by atoms with E-state index in [1.807, 2.05) is 41.7 Å². The van der Waals surface area contributed by atoms with Crippen LogP contribution >= 0.6 is 35.9 Å². The molecule has 1 fully saturated rings. The molecule has 2 rings (SSSR count). The van der Waals surface area contributed by atoms with Crippen molar-refractivity contribution in [2.24, 2.45) is 5.73 Å². The maximum absolute atomic E-state index is 11.7. The lowest BCUT2D eigenvalue weighted by molar-refractivity contribution is -0.123. The number of anilines is 1. The number of nitrogens with two attached hydrogens (primary N) is 1. The molecule has 0 spiro atoms. The number of hydrogen-bond donors (Lipinski definition) is 3. The zero-order valence-electron chi connectivity index (χ0n) is 11.3. The monoisotopic (exact) mass is 347 g/mol. The largest absolute Gasteiger partial charge is 0.346 e. The molecule has 116 valence electrons. The summed E-state index contributed by atoms with van der Waals surface area (Å²) >= 11 is 3.84. The molecule has 5 nitrogen and oxygen atoms in total. The number of carbonyl (C=O) groups is 2. The summed E-state index contributed by atoms with van der Waals surface area (Å²) in [5.41, 5.74) is 7.11. The van der Waals surface area contributed by atoms with Gasteiger partial charge in [0.1, 0.15) is 0 Å². The van der Waals surface area contributed by atoms with Crippen molar-refractivity contribution in [3.05, 3.63) is 29.8 Å². The van der Waals surface area contributed by atoms with Gasteiger partial charge in [-0.1, -0.05) is 12.1 Å². The van der Waals surface area contributed by atoms with Crippen molar-refractivity contribution in [3.63, 3.8) is 0 Å². The first kappa shape index (κ1) is 18.2. The number of halogens is 1. The predicted octanol–water partition coefficient (Wildman–Crippen LogP) is 1.60. The summed E-state index contributed by atoms with van der Waals surface area (Å²) in [6.45, 7) is -0.175. The molecule has 21 heavy (non-hydrogen) atoms. The van der Waals surface area contributed by atoms with Crippen LogP contribution < -0.4 is 16.4 Å². The Bertz CT molecular complexity index is 496. The van der Waals surface area contributed by atoms with E-state index < -0.39 is 0 Å². The highest BCUT2D eigenvalue weighted by molar-refractivity contribution is 8.19. The number of amides is 2. The van der Waals surface area contributed by atoms with Crippen LogP contribution in [0.1, 0.15) is 10.1 Å². The Hall–Kier alpha value is -0.890. The first-order valence-corrected chi connectivity index (χ1v) is 8.38. The average molecular weight is 348 g/mol. The minimum atomic E-state index is -0.340. The Morgan fingerprint density at radius 2 is 1.95 bits per heavy atom. The van der Waals surface area contributed by atoms with E-state index in [4.69, 9.17) is 5.73 Å². The van der Waals surface area contributed by atoms with Crippen LogP contribution in [0, 0.1) is 0 Å². The van der Waals surface area contributed by atoms with Crippen LogP contribution in [0.2, 0.25) is 0 Å². The van der Waals surface area contributed by atoms with Crippen LogP contribution in [-0.2, 0) is 9.59 Å². The van der Waals surface area contributed by atoms with Crippen molar-refractivity contribution >= 4 is 53.4 Å². The number of carbonyl (C=O) groups excluding carboxylic acids is 2. The molecule has 1 aromatic carbocycles. The second-order valence-electron chi connectivity index (χ2n) is 4.23. The quantitative estimate of drug-likeness (QED) is 0.753. The van der Waals surface area contributed by atoms with E-state index in [1.54, 1.807) is 0 Å². The van der Waals surface area contributed by atoms with Crippen molar-refractivity contribution in [3.8, 4) is 0 Å². The van der Waals surface area contributed by atoms with Crippen molar-refractivity contribution in [2.75, 3.05) is 29.9 Å². The van der Waals surface area contributed by atoms with Gasteiger partial charge in [0.2, 0.25) is 11.8 Å². The predicted molar refractivity (Wildman–Crippen MR) is 92.0 cm³/mol. The van der Waals surface area contributed by atoms with Gasteiger partial charge in [0.05, 0.1) is 17.7 Å². The second kappa shape index (κ2) is 9.19. The van der Waals surface area contributed by atoms with Gasteiger partial charge >= 0.3 is 0 Å². The smallest absolute Gasteiger partial charge is 0.243 e. The third-order valence-electron chi connectivity index (χ3n) is 2.70. The van der Waals surface area contributed by atoms with Gasteiger partial charge in [-0.3, -0.25) is 9.59 Å². The van der Waals surface area contributed by atoms with E-state index in [2.05, 4.69) is 16.7 Å². The molecular formula is C13H18ClN3O2S2. The summed E-state index contributed by atoms with van der Waals surface area (Å²) in [4.78, 5) is 22.7. The van der Waals surface area contributed by atoms with E-state index in [0.717, 1.165) is 17.2 Å². The Morgan fingerprint density at radius 3 is 2.62 bits per heavy atom. The molecule has 1 aliphatic heterocycles. The molecule has 0 unspecified atom stereocenters. The SMILES string of the molecule is Cl.NCC(=O)NCC(=O)Nc1cccc(C2SCCS2)c1. The number of thioether (sulfide) groups is 2. The second-order valence-corrected chi connectivity index (χ2v) is 6.95. The Balaban J connectivity index is 0.00000220. The first-order chi connectivity index (χ1) is 9.69. The molecule has 2 amide bonds. The van der Waals surface area contributed by atoms with Gasteiger partial charge in [-0.25, -0.2) is 0 Å². The van der Waals surface area contributed by atoms with Crippen molar-refractivity contribution in [2.45, 2.75) is 4.58 Å². The van der Waals surface area contributed by atoms with Crippen molar-refractivity contribution in [1.29, 1.82) is 0 Å². The molecule has 0 aromatic heterocycles. The van der Waals surface area contributed by atoms with Gasteiger partial charge in [-0.05, 0) is 17.7 Å². The first-order valence-electron chi connectivity index (χ1n) is 6.29. The van der Waals surface area contributed by atoms with Gasteiger partial charge in [0, 0.05) is 17.2 Å². The summed E-state index contributed by atoms with van der Waals surface area (Å²) in [6, 6.07) is 7.83. The topological polar surface area (TPSA) is 84.2 Å².